The Bertz CT molecular complexity index is 368. The van der Waals surface area contributed by atoms with E-state index < -0.39 is 6.04 Å². The van der Waals surface area contributed by atoms with Crippen LogP contribution in [0.15, 0.2) is 18.2 Å². The summed E-state index contributed by atoms with van der Waals surface area (Å²) in [5, 5.41) is 8.60. The maximum absolute atomic E-state index is 8.60. The lowest BCUT2D eigenvalue weighted by atomic mass is 10.0. The summed E-state index contributed by atoms with van der Waals surface area (Å²) >= 11 is 0. The van der Waals surface area contributed by atoms with Gasteiger partial charge in [-0.15, -0.1) is 0 Å². The van der Waals surface area contributed by atoms with Gasteiger partial charge in [-0.05, 0) is 31.0 Å². The van der Waals surface area contributed by atoms with Gasteiger partial charge in [0.1, 0.15) is 5.75 Å². The molecule has 1 atom stereocenters. The minimum Gasteiger partial charge on any atom is -0.494 e. The third kappa shape index (κ3) is 3.26. The first kappa shape index (κ1) is 11.5. The molecule has 1 unspecified atom stereocenters. The van der Waals surface area contributed by atoms with Crippen molar-refractivity contribution in [2.24, 2.45) is 5.73 Å². The van der Waals surface area contributed by atoms with E-state index in [1.54, 1.807) is 0 Å². The summed E-state index contributed by atoms with van der Waals surface area (Å²) in [6.45, 7) is 4.61. The molecule has 0 amide bonds. The molecule has 3 heteroatoms. The van der Waals surface area contributed by atoms with Gasteiger partial charge in [-0.3, -0.25) is 0 Å². The van der Waals surface area contributed by atoms with Gasteiger partial charge in [0.15, 0.2) is 0 Å². The van der Waals surface area contributed by atoms with Crippen molar-refractivity contribution in [2.75, 3.05) is 6.61 Å². The van der Waals surface area contributed by atoms with Crippen LogP contribution in [0.5, 0.6) is 5.75 Å². The van der Waals surface area contributed by atoms with Gasteiger partial charge in [-0.2, -0.15) is 5.26 Å². The Morgan fingerprint density at radius 3 is 2.80 bits per heavy atom. The van der Waals surface area contributed by atoms with E-state index in [0.29, 0.717) is 13.0 Å². The van der Waals surface area contributed by atoms with Gasteiger partial charge in [0.25, 0.3) is 0 Å². The maximum atomic E-state index is 8.60. The van der Waals surface area contributed by atoms with Crippen molar-refractivity contribution in [3.05, 3.63) is 29.3 Å². The molecule has 0 aliphatic carbocycles. The van der Waals surface area contributed by atoms with Crippen LogP contribution >= 0.6 is 0 Å². The van der Waals surface area contributed by atoms with Gasteiger partial charge in [0.05, 0.1) is 18.7 Å². The predicted octanol–water partition coefficient (Wildman–Crippen LogP) is 1.79. The third-order valence-electron chi connectivity index (χ3n) is 2.16. The summed E-state index contributed by atoms with van der Waals surface area (Å²) in [7, 11) is 0. The van der Waals surface area contributed by atoms with E-state index >= 15 is 0 Å². The molecule has 0 fully saturated rings. The molecule has 1 aromatic rings. The van der Waals surface area contributed by atoms with Crippen molar-refractivity contribution in [3.8, 4) is 11.8 Å². The van der Waals surface area contributed by atoms with Gasteiger partial charge in [0, 0.05) is 6.42 Å². The second-order valence-corrected chi connectivity index (χ2v) is 3.47. The van der Waals surface area contributed by atoms with Gasteiger partial charge < -0.3 is 10.5 Å². The number of ether oxygens (including phenoxy) is 1. The van der Waals surface area contributed by atoms with Gasteiger partial charge >= 0.3 is 0 Å². The van der Waals surface area contributed by atoms with E-state index in [1.165, 1.54) is 0 Å². The SMILES string of the molecule is CCOc1ccc(CC(N)C#N)cc1C. The maximum Gasteiger partial charge on any atom is 0.122 e. The van der Waals surface area contributed by atoms with Crippen LogP contribution in [0.4, 0.5) is 0 Å². The predicted molar refractivity (Wildman–Crippen MR) is 59.6 cm³/mol. The molecule has 0 bridgehead atoms. The zero-order chi connectivity index (χ0) is 11.3. The number of hydrogen-bond donors (Lipinski definition) is 1. The van der Waals surface area contributed by atoms with E-state index in [1.807, 2.05) is 38.1 Å². The summed E-state index contributed by atoms with van der Waals surface area (Å²) in [5.41, 5.74) is 7.72. The van der Waals surface area contributed by atoms with Crippen molar-refractivity contribution in [3.63, 3.8) is 0 Å². The van der Waals surface area contributed by atoms with Crippen LogP contribution in [-0.4, -0.2) is 12.6 Å². The van der Waals surface area contributed by atoms with Crippen LogP contribution in [0, 0.1) is 18.3 Å². The van der Waals surface area contributed by atoms with Crippen LogP contribution in [0.1, 0.15) is 18.1 Å². The van der Waals surface area contributed by atoms with Gasteiger partial charge in [-0.1, -0.05) is 12.1 Å². The fourth-order valence-corrected chi connectivity index (χ4v) is 1.46. The zero-order valence-electron chi connectivity index (χ0n) is 9.16. The molecule has 2 N–H and O–H groups in total. The van der Waals surface area contributed by atoms with Gasteiger partial charge in [0.2, 0.25) is 0 Å². The monoisotopic (exact) mass is 204 g/mol. The number of nitriles is 1. The number of hydrogen-bond acceptors (Lipinski definition) is 3. The molecule has 0 radical (unpaired) electrons. The lowest BCUT2D eigenvalue weighted by molar-refractivity contribution is 0.338. The van der Waals surface area contributed by atoms with E-state index in [9.17, 15) is 0 Å². The quantitative estimate of drug-likeness (QED) is 0.813. The average Bonchev–Trinajstić information content (AvgIpc) is 2.22. The zero-order valence-corrected chi connectivity index (χ0v) is 9.16. The van der Waals surface area contributed by atoms with E-state index in [2.05, 4.69) is 0 Å². The van der Waals surface area contributed by atoms with Crippen LogP contribution in [0.2, 0.25) is 0 Å². The molecule has 3 nitrogen and oxygen atoms in total. The summed E-state index contributed by atoms with van der Waals surface area (Å²) in [6.07, 6.45) is 0.587. The van der Waals surface area contributed by atoms with Crippen molar-refractivity contribution in [1.29, 1.82) is 5.26 Å². The highest BCUT2D eigenvalue weighted by atomic mass is 16.5. The molecule has 15 heavy (non-hydrogen) atoms. The summed E-state index contributed by atoms with van der Waals surface area (Å²) < 4.78 is 5.43. The molecule has 80 valence electrons. The van der Waals surface area contributed by atoms with Crippen LogP contribution in [0.3, 0.4) is 0 Å². The van der Waals surface area contributed by atoms with Crippen molar-refractivity contribution < 1.29 is 4.74 Å². The highest BCUT2D eigenvalue weighted by molar-refractivity contribution is 5.36. The third-order valence-corrected chi connectivity index (χ3v) is 2.16. The topological polar surface area (TPSA) is 59.0 Å². The number of nitrogens with two attached hydrogens (primary N) is 1. The lowest BCUT2D eigenvalue weighted by Gasteiger charge is -2.09. The average molecular weight is 204 g/mol. The van der Waals surface area contributed by atoms with Gasteiger partial charge in [-0.25, -0.2) is 0 Å². The first-order valence-corrected chi connectivity index (χ1v) is 5.05. The standard InChI is InChI=1S/C12H16N2O/c1-3-15-12-5-4-10(6-9(12)2)7-11(14)8-13/h4-6,11H,3,7,14H2,1-2H3. The van der Waals surface area contributed by atoms with Crippen LogP contribution < -0.4 is 10.5 Å². The van der Waals surface area contributed by atoms with Crippen LogP contribution in [-0.2, 0) is 6.42 Å². The number of aryl methyl sites for hydroxylation is 1. The summed E-state index contributed by atoms with van der Waals surface area (Å²) in [5.74, 6) is 0.895. The second-order valence-electron chi connectivity index (χ2n) is 3.47. The minimum absolute atomic E-state index is 0.428. The Kier molecular flexibility index (Phi) is 4.14. The molecular weight excluding hydrogens is 188 g/mol. The highest BCUT2D eigenvalue weighted by Gasteiger charge is 2.04. The van der Waals surface area contributed by atoms with Crippen molar-refractivity contribution in [1.82, 2.24) is 0 Å². The second kappa shape index (κ2) is 5.38. The first-order chi connectivity index (χ1) is 7.17. The van der Waals surface area contributed by atoms with Crippen molar-refractivity contribution >= 4 is 0 Å². The summed E-state index contributed by atoms with van der Waals surface area (Å²) in [4.78, 5) is 0. The molecule has 0 spiro atoms. The largest absolute Gasteiger partial charge is 0.494 e. The first-order valence-electron chi connectivity index (χ1n) is 5.05. The molecule has 0 aromatic heterocycles. The minimum atomic E-state index is -0.428. The Hall–Kier alpha value is -1.53. The molecule has 0 aliphatic heterocycles. The fraction of sp³-hybridized carbons (Fsp3) is 0.417. The summed E-state index contributed by atoms with van der Waals surface area (Å²) in [6, 6.07) is 7.49. The molecular formula is C12H16N2O. The normalized spacial score (nSPS) is 11.9. The number of benzene rings is 1. The number of nitrogens with zero attached hydrogens (tertiary/aromatic N) is 1. The van der Waals surface area contributed by atoms with Crippen molar-refractivity contribution in [2.45, 2.75) is 26.3 Å². The Morgan fingerprint density at radius 2 is 2.27 bits per heavy atom. The van der Waals surface area contributed by atoms with E-state index in [0.717, 1.165) is 16.9 Å². The molecule has 0 aliphatic rings. The smallest absolute Gasteiger partial charge is 0.122 e. The lowest BCUT2D eigenvalue weighted by Crippen LogP contribution is -2.20. The van der Waals surface area contributed by atoms with E-state index in [4.69, 9.17) is 15.7 Å². The number of rotatable bonds is 4. The molecule has 0 heterocycles. The Morgan fingerprint density at radius 1 is 1.53 bits per heavy atom. The molecule has 0 saturated heterocycles. The van der Waals surface area contributed by atoms with Crippen LogP contribution in [0.25, 0.3) is 0 Å². The molecule has 0 saturated carbocycles. The highest BCUT2D eigenvalue weighted by Crippen LogP contribution is 2.19. The molecule has 1 aromatic carbocycles. The fourth-order valence-electron chi connectivity index (χ4n) is 1.46. The Labute approximate surface area is 90.5 Å². The van der Waals surface area contributed by atoms with E-state index in [-0.39, 0.29) is 0 Å². The molecule has 1 rings (SSSR count). The Balaban J connectivity index is 2.78.